The second kappa shape index (κ2) is 8.42. The minimum absolute atomic E-state index is 0.110. The Hall–Kier alpha value is -2.58. The second-order valence-electron chi connectivity index (χ2n) is 6.89. The van der Waals surface area contributed by atoms with Crippen molar-refractivity contribution >= 4 is 44.8 Å². The van der Waals surface area contributed by atoms with E-state index in [9.17, 15) is 18.0 Å². The second-order valence-corrected chi connectivity index (χ2v) is 9.31. The van der Waals surface area contributed by atoms with Crippen LogP contribution < -0.4 is 9.62 Å². The molecule has 0 bridgehead atoms. The van der Waals surface area contributed by atoms with Crippen LogP contribution in [0.5, 0.6) is 0 Å². The molecule has 0 aromatic heterocycles. The molecular weight excluding hydrogens is 414 g/mol. The van der Waals surface area contributed by atoms with E-state index in [0.29, 0.717) is 30.0 Å². The molecule has 1 heterocycles. The highest BCUT2D eigenvalue weighted by molar-refractivity contribution is 7.92. The standard InChI is InChI=1S/C20H22ClN3O4S/c1-23(29(2,27)28)14-9-10-15(17(21)13-14)19(25)22-18-8-4-3-7-16(18)20(26)24-11-5-6-12-24/h3-4,7-10,13H,5-6,11-12H2,1-2H3,(H,22,25). The van der Waals surface area contributed by atoms with Gasteiger partial charge in [0.2, 0.25) is 10.0 Å². The van der Waals surface area contributed by atoms with E-state index in [2.05, 4.69) is 5.32 Å². The molecule has 2 amide bonds. The third-order valence-electron chi connectivity index (χ3n) is 4.86. The summed E-state index contributed by atoms with van der Waals surface area (Å²) in [5.41, 5.74) is 1.36. The van der Waals surface area contributed by atoms with Crippen molar-refractivity contribution in [1.29, 1.82) is 0 Å². The molecule has 0 radical (unpaired) electrons. The lowest BCUT2D eigenvalue weighted by atomic mass is 10.1. The van der Waals surface area contributed by atoms with Gasteiger partial charge < -0.3 is 10.2 Å². The molecule has 1 aliphatic heterocycles. The van der Waals surface area contributed by atoms with Gasteiger partial charge >= 0.3 is 0 Å². The van der Waals surface area contributed by atoms with Crippen LogP contribution in [0.2, 0.25) is 5.02 Å². The summed E-state index contributed by atoms with van der Waals surface area (Å²) in [5, 5.41) is 2.86. The number of likely N-dealkylation sites (tertiary alicyclic amines) is 1. The quantitative estimate of drug-likeness (QED) is 0.781. The van der Waals surface area contributed by atoms with Gasteiger partial charge in [-0.05, 0) is 43.2 Å². The van der Waals surface area contributed by atoms with Crippen molar-refractivity contribution in [2.45, 2.75) is 12.8 Å². The van der Waals surface area contributed by atoms with Gasteiger partial charge in [-0.3, -0.25) is 13.9 Å². The molecule has 0 spiro atoms. The van der Waals surface area contributed by atoms with E-state index in [4.69, 9.17) is 11.6 Å². The normalized spacial score (nSPS) is 14.0. The molecule has 9 heteroatoms. The number of hydrogen-bond acceptors (Lipinski definition) is 4. The van der Waals surface area contributed by atoms with E-state index in [1.54, 1.807) is 29.2 Å². The smallest absolute Gasteiger partial charge is 0.257 e. The number of amides is 2. The molecule has 0 saturated carbocycles. The van der Waals surface area contributed by atoms with E-state index in [1.807, 2.05) is 0 Å². The maximum absolute atomic E-state index is 12.8. The first-order chi connectivity index (χ1) is 13.7. The predicted molar refractivity (Wildman–Crippen MR) is 114 cm³/mol. The maximum Gasteiger partial charge on any atom is 0.257 e. The van der Waals surface area contributed by atoms with Gasteiger partial charge in [0.15, 0.2) is 0 Å². The molecule has 1 fully saturated rings. The number of halogens is 1. The zero-order chi connectivity index (χ0) is 21.2. The fourth-order valence-electron chi connectivity index (χ4n) is 3.13. The average Bonchev–Trinajstić information content (AvgIpc) is 3.21. The molecule has 0 aliphatic carbocycles. The van der Waals surface area contributed by atoms with Crippen LogP contribution in [0.4, 0.5) is 11.4 Å². The molecule has 1 N–H and O–H groups in total. The number of nitrogens with zero attached hydrogens (tertiary/aromatic N) is 2. The van der Waals surface area contributed by atoms with Crippen molar-refractivity contribution in [1.82, 2.24) is 4.90 Å². The van der Waals surface area contributed by atoms with Gasteiger partial charge in [-0.1, -0.05) is 23.7 Å². The van der Waals surface area contributed by atoms with Crippen molar-refractivity contribution in [3.63, 3.8) is 0 Å². The van der Waals surface area contributed by atoms with Crippen LogP contribution in [0, 0.1) is 0 Å². The molecule has 2 aromatic rings. The van der Waals surface area contributed by atoms with E-state index in [0.717, 1.165) is 23.4 Å². The Morgan fingerprint density at radius 3 is 2.34 bits per heavy atom. The van der Waals surface area contributed by atoms with Crippen LogP contribution in [-0.4, -0.2) is 51.5 Å². The van der Waals surface area contributed by atoms with E-state index < -0.39 is 15.9 Å². The molecule has 3 rings (SSSR count). The number of sulfonamides is 1. The Labute approximate surface area is 175 Å². The minimum atomic E-state index is -3.45. The third kappa shape index (κ3) is 4.71. The van der Waals surface area contributed by atoms with E-state index >= 15 is 0 Å². The van der Waals surface area contributed by atoms with Gasteiger partial charge in [0.25, 0.3) is 11.8 Å². The van der Waals surface area contributed by atoms with Gasteiger partial charge in [-0.25, -0.2) is 8.42 Å². The number of benzene rings is 2. The summed E-state index contributed by atoms with van der Waals surface area (Å²) in [7, 11) is -2.04. The van der Waals surface area contributed by atoms with Crippen molar-refractivity contribution in [2.75, 3.05) is 36.0 Å². The minimum Gasteiger partial charge on any atom is -0.339 e. The van der Waals surface area contributed by atoms with Crippen LogP contribution in [0.15, 0.2) is 42.5 Å². The molecular formula is C20H22ClN3O4S. The van der Waals surface area contributed by atoms with Crippen molar-refractivity contribution in [2.24, 2.45) is 0 Å². The first-order valence-corrected chi connectivity index (χ1v) is 11.3. The first-order valence-electron chi connectivity index (χ1n) is 9.11. The van der Waals surface area contributed by atoms with E-state index in [1.165, 1.54) is 25.2 Å². The highest BCUT2D eigenvalue weighted by atomic mass is 35.5. The Kier molecular flexibility index (Phi) is 6.14. The molecule has 154 valence electrons. The summed E-state index contributed by atoms with van der Waals surface area (Å²) in [5.74, 6) is -0.597. The Morgan fingerprint density at radius 2 is 1.72 bits per heavy atom. The van der Waals surface area contributed by atoms with Crippen LogP contribution in [0.25, 0.3) is 0 Å². The van der Waals surface area contributed by atoms with E-state index in [-0.39, 0.29) is 16.5 Å². The number of para-hydroxylation sites is 1. The van der Waals surface area contributed by atoms with Crippen LogP contribution in [0.1, 0.15) is 33.6 Å². The average molecular weight is 436 g/mol. The predicted octanol–water partition coefficient (Wildman–Crippen LogP) is 3.22. The molecule has 1 aliphatic rings. The van der Waals surface area contributed by atoms with Gasteiger partial charge in [0, 0.05) is 20.1 Å². The number of rotatable bonds is 5. The van der Waals surface area contributed by atoms with Crippen molar-refractivity contribution in [3.8, 4) is 0 Å². The Balaban J connectivity index is 1.83. The topological polar surface area (TPSA) is 86.8 Å². The van der Waals surface area contributed by atoms with Crippen LogP contribution in [0.3, 0.4) is 0 Å². The monoisotopic (exact) mass is 435 g/mol. The molecule has 0 atom stereocenters. The SMILES string of the molecule is CN(c1ccc(C(=O)Nc2ccccc2C(=O)N2CCCC2)c(Cl)c1)S(C)(=O)=O. The fourth-order valence-corrected chi connectivity index (χ4v) is 3.89. The summed E-state index contributed by atoms with van der Waals surface area (Å²) >= 11 is 6.23. The number of nitrogens with one attached hydrogen (secondary N) is 1. The highest BCUT2D eigenvalue weighted by Gasteiger charge is 2.23. The summed E-state index contributed by atoms with van der Waals surface area (Å²) in [6, 6.07) is 11.2. The highest BCUT2D eigenvalue weighted by Crippen LogP contribution is 2.26. The zero-order valence-corrected chi connectivity index (χ0v) is 17.8. The largest absolute Gasteiger partial charge is 0.339 e. The molecule has 29 heavy (non-hydrogen) atoms. The fraction of sp³-hybridized carbons (Fsp3) is 0.300. The van der Waals surface area contributed by atoms with Crippen LogP contribution >= 0.6 is 11.6 Å². The number of carbonyl (C=O) groups excluding carboxylic acids is 2. The Morgan fingerprint density at radius 1 is 1.07 bits per heavy atom. The third-order valence-corrected chi connectivity index (χ3v) is 6.38. The summed E-state index contributed by atoms with van der Waals surface area (Å²) in [6.07, 6.45) is 3.03. The van der Waals surface area contributed by atoms with Gasteiger partial charge in [-0.2, -0.15) is 0 Å². The molecule has 1 saturated heterocycles. The van der Waals surface area contributed by atoms with Gasteiger partial charge in [-0.15, -0.1) is 0 Å². The maximum atomic E-state index is 12.8. The van der Waals surface area contributed by atoms with Crippen molar-refractivity contribution < 1.29 is 18.0 Å². The lowest BCUT2D eigenvalue weighted by Gasteiger charge is -2.19. The Bertz CT molecular complexity index is 1050. The van der Waals surface area contributed by atoms with Gasteiger partial charge in [0.1, 0.15) is 0 Å². The van der Waals surface area contributed by atoms with Gasteiger partial charge in [0.05, 0.1) is 33.8 Å². The molecule has 2 aromatic carbocycles. The van der Waals surface area contributed by atoms with Crippen molar-refractivity contribution in [3.05, 3.63) is 58.6 Å². The lowest BCUT2D eigenvalue weighted by molar-refractivity contribution is 0.0794. The number of anilines is 2. The summed E-state index contributed by atoms with van der Waals surface area (Å²) < 4.78 is 24.4. The summed E-state index contributed by atoms with van der Waals surface area (Å²) in [4.78, 5) is 27.3. The molecule has 7 nitrogen and oxygen atoms in total. The van der Waals surface area contributed by atoms with Crippen LogP contribution in [-0.2, 0) is 10.0 Å². The summed E-state index contributed by atoms with van der Waals surface area (Å²) in [6.45, 7) is 1.42. The lowest BCUT2D eigenvalue weighted by Crippen LogP contribution is -2.29. The zero-order valence-electron chi connectivity index (χ0n) is 16.2. The first kappa shape index (κ1) is 21.1. The molecule has 0 unspecified atom stereocenters. The number of hydrogen-bond donors (Lipinski definition) is 1. The number of carbonyl (C=O) groups is 2.